The Hall–Kier alpha value is -1.34. The van der Waals surface area contributed by atoms with Gasteiger partial charge in [0.1, 0.15) is 122 Å². The fourth-order valence-corrected chi connectivity index (χ4v) is 16.0. The first kappa shape index (κ1) is 68.0. The molecule has 85 heavy (non-hydrogen) atoms. The Balaban J connectivity index is 0.821. The van der Waals surface area contributed by atoms with Crippen molar-refractivity contribution in [3.05, 3.63) is 11.6 Å². The van der Waals surface area contributed by atoms with Crippen LogP contribution < -0.4 is 0 Å². The molecule has 0 aromatic heterocycles. The Morgan fingerprint density at radius 3 is 1.53 bits per heavy atom. The van der Waals surface area contributed by atoms with Crippen LogP contribution in [0.1, 0.15) is 98.8 Å². The fraction of sp³-hybridized carbons (Fsp3) is 0.966. The lowest BCUT2D eigenvalue weighted by Crippen LogP contribution is -2.66. The van der Waals surface area contributed by atoms with Crippen molar-refractivity contribution in [1.29, 1.82) is 0 Å². The molecule has 2 unspecified atom stereocenters. The Bertz CT molecular complexity index is 2150. The minimum absolute atomic E-state index is 0.00839. The first-order chi connectivity index (χ1) is 40.3. The van der Waals surface area contributed by atoms with E-state index >= 15 is 0 Å². The summed E-state index contributed by atoms with van der Waals surface area (Å²) in [5, 5.41) is 180. The molecule has 5 saturated heterocycles. The highest BCUT2D eigenvalue weighted by Crippen LogP contribution is 2.67. The highest BCUT2D eigenvalue weighted by molar-refractivity contribution is 5.25. The Morgan fingerprint density at radius 2 is 0.976 bits per heavy atom. The normalized spacial score (nSPS) is 51.4. The smallest absolute Gasteiger partial charge is 0.187 e. The van der Waals surface area contributed by atoms with Crippen molar-refractivity contribution in [2.24, 2.45) is 52.3 Å². The van der Waals surface area contributed by atoms with Crippen LogP contribution in [0.4, 0.5) is 0 Å². The quantitative estimate of drug-likeness (QED) is 0.0484. The standard InChI is InChI=1S/C58H98O27/c1-23(6-7-24(2)29-10-11-30-28-9-8-26-16-27(12-14-57(26,4)31(28)13-15-58(29,30)5)78-53-46(72)42(68)37(63)32(17-59)79-53)25(3)21-76-52-49(75)50(84-54-47(73)43(69)38(64)33(18-60)80-54)41(67)36(83-52)22-77-56-51(45(71)40(66)35(20-62)82-56)85-55-48(74)44(70)39(65)34(19-61)81-55/h8,23-25,27-56,59-75H,6-7,9-22H2,1-5H3/t23?,24-,25?,27+,28+,29-,30+,31+,32-,33-,34-,35-,36-,37-,38-,39-,40-,41-,42+,43+,44+,45+,46-,47-,48-,49-,50+,51-,52-,53-,54+,55+,56-,57+,58-/m1/s1. The number of aliphatic hydroxyl groups excluding tert-OH is 17. The molecule has 0 amide bonds. The van der Waals surface area contributed by atoms with E-state index < -0.39 is 187 Å². The molecular weight excluding hydrogens is 1130 g/mol. The highest BCUT2D eigenvalue weighted by Gasteiger charge is 2.60. The number of hydrogen-bond acceptors (Lipinski definition) is 27. The molecule has 5 aliphatic heterocycles. The summed E-state index contributed by atoms with van der Waals surface area (Å²) in [5.74, 6) is 2.58. The Morgan fingerprint density at radius 1 is 0.471 bits per heavy atom. The lowest BCUT2D eigenvalue weighted by Gasteiger charge is -2.58. The van der Waals surface area contributed by atoms with E-state index in [2.05, 4.69) is 33.8 Å². The van der Waals surface area contributed by atoms with E-state index in [4.69, 9.17) is 47.4 Å². The van der Waals surface area contributed by atoms with Gasteiger partial charge in [-0.15, -0.1) is 0 Å². The summed E-state index contributed by atoms with van der Waals surface area (Å²) >= 11 is 0. The number of rotatable bonds is 21. The molecule has 3 saturated carbocycles. The first-order valence-electron chi connectivity index (χ1n) is 30.8. The number of allylic oxidation sites excluding steroid dienone is 1. The van der Waals surface area contributed by atoms with E-state index in [0.717, 1.165) is 51.4 Å². The van der Waals surface area contributed by atoms with Gasteiger partial charge in [0.05, 0.1) is 45.7 Å². The number of aliphatic hydroxyl groups is 17. The molecule has 0 bridgehead atoms. The summed E-state index contributed by atoms with van der Waals surface area (Å²) in [5.41, 5.74) is 1.55. The minimum Gasteiger partial charge on any atom is -0.394 e. The molecular formula is C58H98O27. The number of hydrogen-bond donors (Lipinski definition) is 17. The summed E-state index contributed by atoms with van der Waals surface area (Å²) in [7, 11) is 0. The monoisotopic (exact) mass is 1230 g/mol. The second kappa shape index (κ2) is 28.3. The third kappa shape index (κ3) is 13.5. The predicted octanol–water partition coefficient (Wildman–Crippen LogP) is -4.27. The van der Waals surface area contributed by atoms with Gasteiger partial charge in [-0.2, -0.15) is 0 Å². The second-order valence-electron chi connectivity index (χ2n) is 26.7. The van der Waals surface area contributed by atoms with Crippen LogP contribution >= 0.6 is 0 Å². The molecule has 8 fully saturated rings. The van der Waals surface area contributed by atoms with Gasteiger partial charge >= 0.3 is 0 Å². The molecule has 27 heteroatoms. The van der Waals surface area contributed by atoms with Gasteiger partial charge in [0, 0.05) is 0 Å². The van der Waals surface area contributed by atoms with E-state index in [9.17, 15) is 86.8 Å². The number of ether oxygens (including phenoxy) is 10. The molecule has 5 heterocycles. The maximum Gasteiger partial charge on any atom is 0.187 e. The van der Waals surface area contributed by atoms with Gasteiger partial charge in [0.25, 0.3) is 0 Å². The zero-order chi connectivity index (χ0) is 61.7. The average molecular weight is 1230 g/mol. The van der Waals surface area contributed by atoms with E-state index in [0.29, 0.717) is 36.0 Å². The van der Waals surface area contributed by atoms with Crippen molar-refractivity contribution in [3.63, 3.8) is 0 Å². The van der Waals surface area contributed by atoms with Crippen molar-refractivity contribution >= 4 is 0 Å². The van der Waals surface area contributed by atoms with E-state index in [-0.39, 0.29) is 35.4 Å². The third-order valence-electron chi connectivity index (χ3n) is 21.7. The van der Waals surface area contributed by atoms with Crippen molar-refractivity contribution in [2.45, 2.75) is 258 Å². The van der Waals surface area contributed by atoms with Gasteiger partial charge in [-0.05, 0) is 104 Å². The van der Waals surface area contributed by atoms with Crippen LogP contribution in [0.25, 0.3) is 0 Å². The van der Waals surface area contributed by atoms with Gasteiger partial charge in [-0.1, -0.05) is 59.1 Å². The lowest BCUT2D eigenvalue weighted by atomic mass is 9.47. The van der Waals surface area contributed by atoms with Gasteiger partial charge < -0.3 is 134 Å². The summed E-state index contributed by atoms with van der Waals surface area (Å²) in [6.45, 7) is 7.79. The third-order valence-corrected chi connectivity index (χ3v) is 21.7. The molecule has 492 valence electrons. The molecule has 0 radical (unpaired) electrons. The fourth-order valence-electron chi connectivity index (χ4n) is 16.0. The van der Waals surface area contributed by atoms with E-state index in [1.54, 1.807) is 0 Å². The van der Waals surface area contributed by atoms with Crippen LogP contribution in [0.15, 0.2) is 11.6 Å². The van der Waals surface area contributed by atoms with Gasteiger partial charge in [0.2, 0.25) is 0 Å². The van der Waals surface area contributed by atoms with Crippen LogP contribution in [0.2, 0.25) is 0 Å². The van der Waals surface area contributed by atoms with Crippen molar-refractivity contribution < 1.29 is 134 Å². The first-order valence-corrected chi connectivity index (χ1v) is 30.8. The van der Waals surface area contributed by atoms with E-state index in [1.165, 1.54) is 12.0 Å². The zero-order valence-corrected chi connectivity index (χ0v) is 49.1. The summed E-state index contributed by atoms with van der Waals surface area (Å²) in [6.07, 6.45) is -29.6. The van der Waals surface area contributed by atoms with Gasteiger partial charge in [-0.3, -0.25) is 0 Å². The van der Waals surface area contributed by atoms with Crippen LogP contribution in [0.5, 0.6) is 0 Å². The Kier molecular flexibility index (Phi) is 22.6. The number of fused-ring (bicyclic) bond motifs is 5. The summed E-state index contributed by atoms with van der Waals surface area (Å²) in [4.78, 5) is 0. The molecule has 0 spiro atoms. The minimum atomic E-state index is -1.95. The second-order valence-corrected chi connectivity index (χ2v) is 26.7. The van der Waals surface area contributed by atoms with E-state index in [1.807, 2.05) is 6.92 Å². The molecule has 27 nitrogen and oxygen atoms in total. The molecule has 4 aliphatic carbocycles. The Labute approximate surface area is 494 Å². The van der Waals surface area contributed by atoms with Crippen LogP contribution in [-0.2, 0) is 47.4 Å². The molecule has 9 rings (SSSR count). The van der Waals surface area contributed by atoms with Crippen molar-refractivity contribution in [1.82, 2.24) is 0 Å². The molecule has 0 aromatic carbocycles. The SMILES string of the molecule is CC(CC[C@@H](C)[C@H]1CC[C@H]2[C@@H]3CC=C4C[C@@H](O[C@@H]5O[C@H](CO)[C@@H](O)[C@H](O)[C@H]5O)CC[C@]4(C)[C@H]3CC[C@]12C)C(C)CO[C@@H]1O[C@H](CO[C@@H]2O[C@H](CO)[C@@H](O)[C@H](O)[C@H]2O[C@@H]2O[C@H](CO)[C@@H](O)[C@H](O)[C@H]2O)[C@@H](O)[C@H](O[C@@H]2O[C@H](CO)[C@@H](O)[C@H](O)[C@H]2O)[C@H]1O. The maximum atomic E-state index is 11.8. The van der Waals surface area contributed by atoms with Crippen LogP contribution in [-0.4, -0.2) is 286 Å². The topological polar surface area (TPSA) is 436 Å². The predicted molar refractivity (Wildman–Crippen MR) is 288 cm³/mol. The molecule has 9 aliphatic rings. The summed E-state index contributed by atoms with van der Waals surface area (Å²) in [6, 6.07) is 0. The van der Waals surface area contributed by atoms with Gasteiger partial charge in [0.15, 0.2) is 31.5 Å². The summed E-state index contributed by atoms with van der Waals surface area (Å²) < 4.78 is 58.9. The van der Waals surface area contributed by atoms with Crippen molar-refractivity contribution in [3.8, 4) is 0 Å². The average Bonchev–Trinajstić information content (AvgIpc) is 1.75. The molecule has 35 atom stereocenters. The zero-order valence-electron chi connectivity index (χ0n) is 49.1. The van der Waals surface area contributed by atoms with Crippen LogP contribution in [0, 0.1) is 52.3 Å². The molecule has 17 N–H and O–H groups in total. The molecule has 0 aromatic rings. The van der Waals surface area contributed by atoms with Crippen molar-refractivity contribution in [2.75, 3.05) is 39.6 Å². The largest absolute Gasteiger partial charge is 0.394 e. The lowest BCUT2D eigenvalue weighted by molar-refractivity contribution is -0.379. The van der Waals surface area contributed by atoms with Crippen LogP contribution in [0.3, 0.4) is 0 Å². The maximum absolute atomic E-state index is 11.8. The highest BCUT2D eigenvalue weighted by atomic mass is 16.8. The van der Waals surface area contributed by atoms with Gasteiger partial charge in [-0.25, -0.2) is 0 Å².